The van der Waals surface area contributed by atoms with E-state index >= 15 is 0 Å². The maximum Gasteiger partial charge on any atom is 1.00 e. The van der Waals surface area contributed by atoms with E-state index < -0.39 is 44.5 Å². The van der Waals surface area contributed by atoms with Crippen LogP contribution >= 0.6 is 29.4 Å². The molecule has 0 spiro atoms. The van der Waals surface area contributed by atoms with E-state index in [2.05, 4.69) is 48.5 Å². The Labute approximate surface area is 423 Å². The summed E-state index contributed by atoms with van der Waals surface area (Å²) in [5.41, 5.74) is 0. The minimum atomic E-state index is -4.64. The third-order valence-electron chi connectivity index (χ3n) is 10.5. The number of phosphoric ester groups is 1. The van der Waals surface area contributed by atoms with Gasteiger partial charge in [-0.2, -0.15) is 0 Å². The number of aliphatic carboxylic acids is 1. The van der Waals surface area contributed by atoms with Gasteiger partial charge >= 0.3 is 49.3 Å². The molecule has 1 rings (SSSR count). The average Bonchev–Trinajstić information content (AvgIpc) is 3.28. The van der Waals surface area contributed by atoms with Crippen LogP contribution in [0.4, 0.5) is 0 Å². The molecule has 1 aromatic heterocycles. The molecule has 368 valence electrons. The molecule has 2 N–H and O–H groups in total. The molecule has 0 amide bonds. The monoisotopic (exact) mass is 979 g/mol. The molecule has 0 aromatic carbocycles. The number of allylic oxidation sites excluding steroid dienone is 4. The molecule has 16 heteroatoms. The van der Waals surface area contributed by atoms with Crippen molar-refractivity contribution in [3.8, 4) is 0 Å². The number of hydrogen-bond donors (Lipinski definition) is 2. The van der Waals surface area contributed by atoms with Gasteiger partial charge in [-0.1, -0.05) is 158 Å². The standard InChI is InChI=1S/C49H85N2O10PS2.Na/c1-3-5-7-9-11-13-15-17-19-21-23-25-27-29-31-36-47(52)58-41-44(61-48(53)37-32-30-28-26-24-22-20-18-16-14-12-10-8-6-4-2)42-60-62(56,57)59-40-39-50-45(49(54)55)43-63-64-46-35-33-34-38-51-46;/h17-20,33-35,38,44-45,50H,3-16,21-32,36-37,39-43H2,1-2H3,(H,54,55)(H,56,57);/q;+1/p-1/b19-17-,20-18-;/t44-,45?;/m1./s1. The SMILES string of the molecule is CCCCCCCC/C=C\CCCCCCCC(=O)OC[C@H](COP(=O)(O)OCCNC(CSSc1ccccn1)C(=O)[O-])OC(=O)CCCCCCC/C=C\CCCCCCCC.[Na+]. The molecule has 0 bridgehead atoms. The number of rotatable bonds is 46. The number of carbonyl (C=O) groups excluding carboxylic acids is 3. The van der Waals surface area contributed by atoms with Crippen molar-refractivity contribution in [2.24, 2.45) is 0 Å². The van der Waals surface area contributed by atoms with E-state index in [1.54, 1.807) is 12.3 Å². The van der Waals surface area contributed by atoms with E-state index in [1.165, 1.54) is 98.6 Å². The zero-order valence-corrected chi connectivity index (χ0v) is 45.0. The van der Waals surface area contributed by atoms with E-state index in [1.807, 2.05) is 12.1 Å². The topological polar surface area (TPSA) is 173 Å². The Bertz CT molecular complexity index is 1400. The van der Waals surface area contributed by atoms with E-state index in [0.717, 1.165) is 82.1 Å². The number of pyridine rings is 1. The van der Waals surface area contributed by atoms with Gasteiger partial charge in [-0.15, -0.1) is 0 Å². The van der Waals surface area contributed by atoms with Crippen molar-refractivity contribution in [1.29, 1.82) is 0 Å². The molecule has 0 aliphatic rings. The smallest absolute Gasteiger partial charge is 0.548 e. The van der Waals surface area contributed by atoms with E-state index in [4.69, 9.17) is 18.5 Å². The maximum atomic E-state index is 12.8. The molecule has 3 atom stereocenters. The number of carboxylic acid groups (broad SMARTS) is 1. The van der Waals surface area contributed by atoms with Gasteiger partial charge in [-0.05, 0) is 87.1 Å². The number of unbranched alkanes of at least 4 members (excludes halogenated alkanes) is 22. The van der Waals surface area contributed by atoms with Gasteiger partial charge < -0.3 is 29.6 Å². The zero-order chi connectivity index (χ0) is 46.6. The molecule has 2 unspecified atom stereocenters. The van der Waals surface area contributed by atoms with Crippen molar-refractivity contribution in [1.82, 2.24) is 10.3 Å². The van der Waals surface area contributed by atoms with Crippen LogP contribution in [0.5, 0.6) is 0 Å². The first-order chi connectivity index (χ1) is 31.2. The van der Waals surface area contributed by atoms with Crippen molar-refractivity contribution >= 4 is 47.3 Å². The molecule has 0 saturated carbocycles. The third-order valence-corrected chi connectivity index (χ3v) is 13.7. The molecular formula is C49H84N2NaO10PS2. The van der Waals surface area contributed by atoms with Crippen LogP contribution in [0.1, 0.15) is 194 Å². The van der Waals surface area contributed by atoms with Crippen molar-refractivity contribution in [3.05, 3.63) is 48.7 Å². The number of carboxylic acids is 1. The van der Waals surface area contributed by atoms with Crippen molar-refractivity contribution in [3.63, 3.8) is 0 Å². The Hall–Kier alpha value is -1.19. The molecule has 1 aromatic rings. The zero-order valence-electron chi connectivity index (χ0n) is 40.4. The third kappa shape index (κ3) is 42.6. The number of carbonyl (C=O) groups is 3. The van der Waals surface area contributed by atoms with Crippen LogP contribution in [-0.2, 0) is 37.5 Å². The van der Waals surface area contributed by atoms with Crippen molar-refractivity contribution in [2.75, 3.05) is 32.1 Å². The fourth-order valence-electron chi connectivity index (χ4n) is 6.68. The number of ether oxygens (including phenoxy) is 2. The van der Waals surface area contributed by atoms with Gasteiger partial charge in [0.15, 0.2) is 6.10 Å². The largest absolute Gasteiger partial charge is 1.00 e. The molecular weight excluding hydrogens is 895 g/mol. The molecule has 0 fully saturated rings. The molecule has 0 aliphatic heterocycles. The van der Waals surface area contributed by atoms with Crippen LogP contribution < -0.4 is 40.0 Å². The summed E-state index contributed by atoms with van der Waals surface area (Å²) in [5.74, 6) is -2.12. The summed E-state index contributed by atoms with van der Waals surface area (Å²) in [7, 11) is -2.05. The first-order valence-electron chi connectivity index (χ1n) is 24.6. The van der Waals surface area contributed by atoms with Crippen molar-refractivity contribution < 1.29 is 77.0 Å². The van der Waals surface area contributed by atoms with Crippen LogP contribution in [0.25, 0.3) is 0 Å². The van der Waals surface area contributed by atoms with Crippen LogP contribution in [0, 0.1) is 0 Å². The Morgan fingerprint density at radius 3 is 1.69 bits per heavy atom. The predicted molar refractivity (Wildman–Crippen MR) is 261 cm³/mol. The summed E-state index contributed by atoms with van der Waals surface area (Å²) in [6, 6.07) is 4.38. The van der Waals surface area contributed by atoms with Crippen molar-refractivity contribution in [2.45, 2.75) is 211 Å². The first-order valence-corrected chi connectivity index (χ1v) is 28.4. The van der Waals surface area contributed by atoms with Gasteiger partial charge in [-0.25, -0.2) is 9.55 Å². The summed E-state index contributed by atoms with van der Waals surface area (Å²) < 4.78 is 33.9. The maximum absolute atomic E-state index is 12.8. The summed E-state index contributed by atoms with van der Waals surface area (Å²) >= 11 is 0. The predicted octanol–water partition coefficient (Wildman–Crippen LogP) is 9.20. The van der Waals surface area contributed by atoms with Gasteiger partial charge in [-0.3, -0.25) is 18.6 Å². The molecule has 0 saturated heterocycles. The Morgan fingerprint density at radius 2 is 1.20 bits per heavy atom. The number of aromatic nitrogens is 1. The van der Waals surface area contributed by atoms with Crippen LogP contribution in [0.2, 0.25) is 0 Å². The number of esters is 2. The fraction of sp³-hybridized carbons (Fsp3) is 0.755. The Kier molecular flexibility index (Phi) is 45.7. The van der Waals surface area contributed by atoms with E-state index in [0.29, 0.717) is 12.8 Å². The molecule has 0 radical (unpaired) electrons. The van der Waals surface area contributed by atoms with Crippen LogP contribution in [0.15, 0.2) is 53.7 Å². The molecule has 12 nitrogen and oxygen atoms in total. The molecule has 65 heavy (non-hydrogen) atoms. The minimum absolute atomic E-state index is 0. The first kappa shape index (κ1) is 63.8. The summed E-state index contributed by atoms with van der Waals surface area (Å²) in [6.45, 7) is 3.19. The summed E-state index contributed by atoms with van der Waals surface area (Å²) in [4.78, 5) is 51.6. The number of nitrogens with zero attached hydrogens (tertiary/aromatic N) is 1. The quantitative estimate of drug-likeness (QED) is 0.0158. The normalized spacial score (nSPS) is 13.4. The summed E-state index contributed by atoms with van der Waals surface area (Å²) in [6.07, 6.45) is 39.8. The van der Waals surface area contributed by atoms with Gasteiger partial charge in [0.05, 0.1) is 25.2 Å². The van der Waals surface area contributed by atoms with E-state index in [9.17, 15) is 28.9 Å². The van der Waals surface area contributed by atoms with E-state index in [-0.39, 0.29) is 67.9 Å². The number of hydrogen-bond acceptors (Lipinski definition) is 13. The number of nitrogens with one attached hydrogen (secondary N) is 1. The fourth-order valence-corrected chi connectivity index (χ4v) is 9.52. The Morgan fingerprint density at radius 1 is 0.708 bits per heavy atom. The second kappa shape index (κ2) is 46.5. The minimum Gasteiger partial charge on any atom is -0.548 e. The Balaban J connectivity index is 0.0000410. The number of phosphoric acid groups is 1. The summed E-state index contributed by atoms with van der Waals surface area (Å²) in [5, 5.41) is 15.1. The van der Waals surface area contributed by atoms with Crippen LogP contribution in [-0.4, -0.2) is 72.0 Å². The molecule has 0 aliphatic carbocycles. The molecule has 1 heterocycles. The van der Waals surface area contributed by atoms with Gasteiger partial charge in [0.1, 0.15) is 11.6 Å². The van der Waals surface area contributed by atoms with Crippen LogP contribution in [0.3, 0.4) is 0 Å². The van der Waals surface area contributed by atoms with Gasteiger partial charge in [0, 0.05) is 31.3 Å². The van der Waals surface area contributed by atoms with Gasteiger partial charge in [0.25, 0.3) is 0 Å². The van der Waals surface area contributed by atoms with Gasteiger partial charge in [0.2, 0.25) is 0 Å². The second-order valence-corrected chi connectivity index (χ2v) is 20.2. The second-order valence-electron chi connectivity index (χ2n) is 16.4. The average molecular weight is 979 g/mol.